The molecule has 0 bridgehead atoms. The molecule has 1 heterocycles. The van der Waals surface area contributed by atoms with Crippen LogP contribution in [0.2, 0.25) is 0 Å². The Hall–Kier alpha value is -1.62. The summed E-state index contributed by atoms with van der Waals surface area (Å²) in [5.74, 6) is -0.439. The Morgan fingerprint density at radius 2 is 2.19 bits per heavy atom. The lowest BCUT2D eigenvalue weighted by molar-refractivity contribution is -0.136. The van der Waals surface area contributed by atoms with Crippen LogP contribution in [0.1, 0.15) is 5.82 Å². The summed E-state index contributed by atoms with van der Waals surface area (Å²) >= 11 is 3.43. The molecule has 4 nitrogen and oxygen atoms in total. The van der Waals surface area contributed by atoms with Gasteiger partial charge in [0.2, 0.25) is 0 Å². The SMILES string of the molecule is O=C(O)Cc1ncc(-c2ccccc2Br)[nH]1. The van der Waals surface area contributed by atoms with Crippen molar-refractivity contribution >= 4 is 21.9 Å². The Bertz CT molecular complexity index is 522. The molecule has 0 spiro atoms. The van der Waals surface area contributed by atoms with Crippen LogP contribution in [0.5, 0.6) is 0 Å². The van der Waals surface area contributed by atoms with Gasteiger partial charge in [-0.15, -0.1) is 0 Å². The summed E-state index contributed by atoms with van der Waals surface area (Å²) < 4.78 is 0.945. The zero-order chi connectivity index (χ0) is 11.5. The predicted molar refractivity (Wildman–Crippen MR) is 63.1 cm³/mol. The quantitative estimate of drug-likeness (QED) is 0.908. The highest BCUT2D eigenvalue weighted by Gasteiger charge is 2.08. The standard InChI is InChI=1S/C11H9BrN2O2/c12-8-4-2-1-3-7(8)9-6-13-10(14-9)5-11(15)16/h1-4,6H,5H2,(H,13,14)(H,15,16). The van der Waals surface area contributed by atoms with E-state index in [-0.39, 0.29) is 6.42 Å². The number of nitrogens with one attached hydrogen (secondary N) is 1. The molecule has 0 aliphatic heterocycles. The summed E-state index contributed by atoms with van der Waals surface area (Å²) in [7, 11) is 0. The third-order valence-corrected chi connectivity index (χ3v) is 2.80. The van der Waals surface area contributed by atoms with Crippen molar-refractivity contribution < 1.29 is 9.90 Å². The van der Waals surface area contributed by atoms with Gasteiger partial charge in [-0.1, -0.05) is 34.1 Å². The van der Waals surface area contributed by atoms with E-state index < -0.39 is 5.97 Å². The van der Waals surface area contributed by atoms with Gasteiger partial charge in [-0.3, -0.25) is 4.79 Å². The predicted octanol–water partition coefficient (Wildman–Crippen LogP) is 2.47. The van der Waals surface area contributed by atoms with Crippen LogP contribution in [0.3, 0.4) is 0 Å². The van der Waals surface area contributed by atoms with Crippen LogP contribution in [0.4, 0.5) is 0 Å². The first-order chi connectivity index (χ1) is 7.66. The fourth-order valence-corrected chi connectivity index (χ4v) is 1.91. The van der Waals surface area contributed by atoms with E-state index in [1.54, 1.807) is 6.20 Å². The summed E-state index contributed by atoms with van der Waals surface area (Å²) in [6.45, 7) is 0. The van der Waals surface area contributed by atoms with Gasteiger partial charge in [-0.2, -0.15) is 0 Å². The Balaban J connectivity index is 2.32. The van der Waals surface area contributed by atoms with E-state index in [1.807, 2.05) is 24.3 Å². The first-order valence-electron chi connectivity index (χ1n) is 4.67. The van der Waals surface area contributed by atoms with Crippen molar-refractivity contribution in [2.24, 2.45) is 0 Å². The van der Waals surface area contributed by atoms with E-state index in [2.05, 4.69) is 25.9 Å². The van der Waals surface area contributed by atoms with Crippen molar-refractivity contribution in [2.45, 2.75) is 6.42 Å². The van der Waals surface area contributed by atoms with E-state index in [0.29, 0.717) is 5.82 Å². The van der Waals surface area contributed by atoms with Gasteiger partial charge in [-0.25, -0.2) is 4.98 Å². The van der Waals surface area contributed by atoms with Gasteiger partial charge in [-0.05, 0) is 6.07 Å². The van der Waals surface area contributed by atoms with E-state index in [1.165, 1.54) is 0 Å². The van der Waals surface area contributed by atoms with E-state index in [9.17, 15) is 4.79 Å². The fraction of sp³-hybridized carbons (Fsp3) is 0.0909. The highest BCUT2D eigenvalue weighted by molar-refractivity contribution is 9.10. The third kappa shape index (κ3) is 2.30. The minimum Gasteiger partial charge on any atom is -0.481 e. The van der Waals surface area contributed by atoms with Crippen LogP contribution >= 0.6 is 15.9 Å². The number of rotatable bonds is 3. The molecule has 0 fully saturated rings. The van der Waals surface area contributed by atoms with Gasteiger partial charge in [0.05, 0.1) is 11.9 Å². The van der Waals surface area contributed by atoms with Crippen LogP contribution < -0.4 is 0 Å². The first kappa shape index (κ1) is 10.9. The van der Waals surface area contributed by atoms with Crippen molar-refractivity contribution in [3.05, 3.63) is 40.8 Å². The molecule has 0 aliphatic rings. The molecule has 5 heteroatoms. The highest BCUT2D eigenvalue weighted by Crippen LogP contribution is 2.26. The van der Waals surface area contributed by atoms with Crippen molar-refractivity contribution in [2.75, 3.05) is 0 Å². The number of aliphatic carboxylic acids is 1. The Morgan fingerprint density at radius 3 is 2.88 bits per heavy atom. The van der Waals surface area contributed by atoms with Crippen LogP contribution in [-0.4, -0.2) is 21.0 Å². The maximum absolute atomic E-state index is 10.5. The van der Waals surface area contributed by atoms with Gasteiger partial charge in [0.1, 0.15) is 12.2 Å². The lowest BCUT2D eigenvalue weighted by Gasteiger charge is -1.99. The molecule has 2 N–H and O–H groups in total. The summed E-state index contributed by atoms with van der Waals surface area (Å²) in [4.78, 5) is 17.5. The van der Waals surface area contributed by atoms with Gasteiger partial charge in [0, 0.05) is 10.0 Å². The van der Waals surface area contributed by atoms with E-state index >= 15 is 0 Å². The lowest BCUT2D eigenvalue weighted by Crippen LogP contribution is -2.01. The third-order valence-electron chi connectivity index (χ3n) is 2.11. The molecule has 0 radical (unpaired) electrons. The molecule has 16 heavy (non-hydrogen) atoms. The van der Waals surface area contributed by atoms with Gasteiger partial charge >= 0.3 is 5.97 Å². The molecule has 0 aliphatic carbocycles. The molecule has 0 saturated carbocycles. The number of imidazole rings is 1. The molecule has 1 aromatic carbocycles. The summed E-state index contributed by atoms with van der Waals surface area (Å²) in [5, 5.41) is 8.63. The second kappa shape index (κ2) is 4.49. The maximum Gasteiger partial charge on any atom is 0.311 e. The number of H-pyrrole nitrogens is 1. The normalized spacial score (nSPS) is 10.3. The number of benzene rings is 1. The van der Waals surface area contributed by atoms with Crippen molar-refractivity contribution in [3.8, 4) is 11.3 Å². The molecular formula is C11H9BrN2O2. The molecule has 82 valence electrons. The molecule has 0 atom stereocenters. The molecule has 0 saturated heterocycles. The zero-order valence-electron chi connectivity index (χ0n) is 8.27. The summed E-state index contributed by atoms with van der Waals surface area (Å²) in [6.07, 6.45) is 1.54. The van der Waals surface area contributed by atoms with Crippen molar-refractivity contribution in [3.63, 3.8) is 0 Å². The number of aromatic amines is 1. The van der Waals surface area contributed by atoms with Crippen molar-refractivity contribution in [1.29, 1.82) is 0 Å². The zero-order valence-corrected chi connectivity index (χ0v) is 9.86. The smallest absolute Gasteiger partial charge is 0.311 e. The lowest BCUT2D eigenvalue weighted by atomic mass is 10.2. The molecule has 2 aromatic rings. The number of halogens is 1. The number of carbonyl (C=O) groups is 1. The number of carboxylic acids is 1. The summed E-state index contributed by atoms with van der Waals surface area (Å²) in [6, 6.07) is 7.69. The molecule has 0 amide bonds. The molecule has 0 unspecified atom stereocenters. The maximum atomic E-state index is 10.5. The van der Waals surface area contributed by atoms with Gasteiger partial charge in [0.25, 0.3) is 0 Å². The number of nitrogens with zero attached hydrogens (tertiary/aromatic N) is 1. The largest absolute Gasteiger partial charge is 0.481 e. The second-order valence-electron chi connectivity index (χ2n) is 3.29. The molecule has 1 aromatic heterocycles. The van der Waals surface area contributed by atoms with Crippen molar-refractivity contribution in [1.82, 2.24) is 9.97 Å². The second-order valence-corrected chi connectivity index (χ2v) is 4.15. The number of carboxylic acid groups (broad SMARTS) is 1. The first-order valence-corrected chi connectivity index (χ1v) is 5.46. The monoisotopic (exact) mass is 280 g/mol. The Morgan fingerprint density at radius 1 is 1.44 bits per heavy atom. The Kier molecular flexibility index (Phi) is 3.05. The average Bonchev–Trinajstić information content (AvgIpc) is 2.66. The minimum atomic E-state index is -0.895. The van der Waals surface area contributed by atoms with Gasteiger partial charge < -0.3 is 10.1 Å². The summed E-state index contributed by atoms with van der Waals surface area (Å²) in [5.41, 5.74) is 1.77. The highest BCUT2D eigenvalue weighted by atomic mass is 79.9. The van der Waals surface area contributed by atoms with Crippen LogP contribution in [0, 0.1) is 0 Å². The number of hydrogen-bond donors (Lipinski definition) is 2. The number of hydrogen-bond acceptors (Lipinski definition) is 2. The van der Waals surface area contributed by atoms with Crippen LogP contribution in [-0.2, 0) is 11.2 Å². The van der Waals surface area contributed by atoms with E-state index in [0.717, 1.165) is 15.7 Å². The van der Waals surface area contributed by atoms with E-state index in [4.69, 9.17) is 5.11 Å². The average molecular weight is 281 g/mol. The molecular weight excluding hydrogens is 272 g/mol. The molecule has 2 rings (SSSR count). The van der Waals surface area contributed by atoms with Crippen LogP contribution in [0.15, 0.2) is 34.9 Å². The number of aromatic nitrogens is 2. The fourth-order valence-electron chi connectivity index (χ4n) is 1.41. The minimum absolute atomic E-state index is 0.0928. The topological polar surface area (TPSA) is 66.0 Å². The Labute approximate surface area is 100 Å². The van der Waals surface area contributed by atoms with Gasteiger partial charge in [0.15, 0.2) is 0 Å². The van der Waals surface area contributed by atoms with Crippen LogP contribution in [0.25, 0.3) is 11.3 Å².